The normalized spacial score (nSPS) is 12.0. The lowest BCUT2D eigenvalue weighted by atomic mass is 10.1. The summed E-state index contributed by atoms with van der Waals surface area (Å²) in [5.41, 5.74) is 2.75. The van der Waals surface area contributed by atoms with E-state index in [1.807, 2.05) is 25.1 Å². The lowest BCUT2D eigenvalue weighted by Crippen LogP contribution is -2.27. The van der Waals surface area contributed by atoms with E-state index in [1.165, 1.54) is 23.8 Å². The summed E-state index contributed by atoms with van der Waals surface area (Å²) >= 11 is 0. The molecule has 0 heterocycles. The van der Waals surface area contributed by atoms with Crippen molar-refractivity contribution in [1.82, 2.24) is 5.32 Å². The van der Waals surface area contributed by atoms with E-state index in [4.69, 9.17) is 0 Å². The van der Waals surface area contributed by atoms with Gasteiger partial charge in [-0.2, -0.15) is 0 Å². The minimum absolute atomic E-state index is 0.0722. The maximum atomic E-state index is 13.1. The molecule has 1 unspecified atom stereocenters. The monoisotopic (exact) mass is 301 g/mol. The summed E-state index contributed by atoms with van der Waals surface area (Å²) in [5.74, 6) is -0.666. The third kappa shape index (κ3) is 4.97. The minimum Gasteiger partial charge on any atom is -0.388 e. The average molecular weight is 301 g/mol. The number of amides is 1. The van der Waals surface area contributed by atoms with Crippen molar-refractivity contribution < 1.29 is 14.3 Å². The van der Waals surface area contributed by atoms with Gasteiger partial charge in [0.25, 0.3) is 0 Å². The lowest BCUT2D eigenvalue weighted by Gasteiger charge is -2.11. The quantitative estimate of drug-likeness (QED) is 0.862. The largest absolute Gasteiger partial charge is 0.388 e. The van der Waals surface area contributed by atoms with Crippen LogP contribution < -0.4 is 5.32 Å². The summed E-state index contributed by atoms with van der Waals surface area (Å²) in [5, 5.41) is 12.7. The molecule has 0 aliphatic rings. The molecule has 0 saturated carbocycles. The number of carbonyl (C=O) groups excluding carboxylic acids is 1. The molecule has 0 saturated heterocycles. The summed E-state index contributed by atoms with van der Waals surface area (Å²) in [4.78, 5) is 11.8. The molecule has 2 aromatic carbocycles. The molecule has 0 spiro atoms. The fourth-order valence-electron chi connectivity index (χ4n) is 2.29. The first kappa shape index (κ1) is 16.2. The number of rotatable bonds is 6. The van der Waals surface area contributed by atoms with Crippen molar-refractivity contribution in [2.45, 2.75) is 25.9 Å². The second-order valence-corrected chi connectivity index (χ2v) is 5.36. The van der Waals surface area contributed by atoms with Crippen LogP contribution in [0.25, 0.3) is 0 Å². The van der Waals surface area contributed by atoms with Gasteiger partial charge in [-0.15, -0.1) is 0 Å². The Kier molecular flexibility index (Phi) is 5.67. The molecule has 2 aromatic rings. The first-order chi connectivity index (χ1) is 10.5. The SMILES string of the molecule is Cc1cccc(CCNC(=O)CC(O)c2cccc(F)c2)c1. The molecule has 1 atom stereocenters. The van der Waals surface area contributed by atoms with E-state index < -0.39 is 11.9 Å². The molecule has 0 aliphatic carbocycles. The molecule has 2 N–H and O–H groups in total. The highest BCUT2D eigenvalue weighted by Crippen LogP contribution is 2.17. The van der Waals surface area contributed by atoms with Crippen LogP contribution in [0.1, 0.15) is 29.2 Å². The van der Waals surface area contributed by atoms with Crippen molar-refractivity contribution in [3.05, 3.63) is 71.0 Å². The number of hydrogen-bond acceptors (Lipinski definition) is 2. The Balaban J connectivity index is 1.78. The summed E-state index contributed by atoms with van der Waals surface area (Å²) in [6.45, 7) is 2.54. The molecule has 22 heavy (non-hydrogen) atoms. The molecule has 0 fully saturated rings. The molecule has 0 aliphatic heterocycles. The van der Waals surface area contributed by atoms with Crippen LogP contribution in [0, 0.1) is 12.7 Å². The number of aliphatic hydroxyl groups is 1. The molecule has 1 amide bonds. The summed E-state index contributed by atoms with van der Waals surface area (Å²) in [6.07, 6.45) is -0.324. The topological polar surface area (TPSA) is 49.3 Å². The molecular formula is C18H20FNO2. The zero-order chi connectivity index (χ0) is 15.9. The van der Waals surface area contributed by atoms with Gasteiger partial charge in [0.15, 0.2) is 0 Å². The van der Waals surface area contributed by atoms with Gasteiger partial charge in [-0.05, 0) is 36.6 Å². The highest BCUT2D eigenvalue weighted by Gasteiger charge is 2.13. The van der Waals surface area contributed by atoms with E-state index in [2.05, 4.69) is 11.4 Å². The van der Waals surface area contributed by atoms with Crippen LogP contribution >= 0.6 is 0 Å². The van der Waals surface area contributed by atoms with Crippen molar-refractivity contribution in [3.8, 4) is 0 Å². The summed E-state index contributed by atoms with van der Waals surface area (Å²) in [7, 11) is 0. The molecule has 0 aromatic heterocycles. The molecule has 116 valence electrons. The first-order valence-electron chi connectivity index (χ1n) is 7.30. The predicted molar refractivity (Wildman–Crippen MR) is 83.9 cm³/mol. The highest BCUT2D eigenvalue weighted by molar-refractivity contribution is 5.76. The van der Waals surface area contributed by atoms with Crippen LogP contribution in [0.15, 0.2) is 48.5 Å². The van der Waals surface area contributed by atoms with E-state index in [1.54, 1.807) is 6.07 Å². The van der Waals surface area contributed by atoms with Gasteiger partial charge in [-0.1, -0.05) is 42.0 Å². The first-order valence-corrected chi connectivity index (χ1v) is 7.30. The molecular weight excluding hydrogens is 281 g/mol. The Morgan fingerprint density at radius 3 is 2.73 bits per heavy atom. The molecule has 3 nitrogen and oxygen atoms in total. The molecule has 0 bridgehead atoms. The molecule has 0 radical (unpaired) electrons. The van der Waals surface area contributed by atoms with Gasteiger partial charge < -0.3 is 10.4 Å². The van der Waals surface area contributed by atoms with Gasteiger partial charge in [-0.25, -0.2) is 4.39 Å². The maximum absolute atomic E-state index is 13.1. The van der Waals surface area contributed by atoms with E-state index in [-0.39, 0.29) is 12.3 Å². The number of aryl methyl sites for hydroxylation is 1. The summed E-state index contributed by atoms with van der Waals surface area (Å²) in [6, 6.07) is 13.8. The van der Waals surface area contributed by atoms with Gasteiger partial charge in [0.05, 0.1) is 12.5 Å². The number of halogens is 1. The number of aliphatic hydroxyl groups excluding tert-OH is 1. The number of benzene rings is 2. The van der Waals surface area contributed by atoms with Crippen LogP contribution in [0.4, 0.5) is 4.39 Å². The average Bonchev–Trinajstić information content (AvgIpc) is 2.47. The van der Waals surface area contributed by atoms with Crippen LogP contribution in [-0.2, 0) is 11.2 Å². The number of carbonyl (C=O) groups is 1. The van der Waals surface area contributed by atoms with Gasteiger partial charge in [0, 0.05) is 6.54 Å². The second kappa shape index (κ2) is 7.71. The van der Waals surface area contributed by atoms with Crippen molar-refractivity contribution in [2.24, 2.45) is 0 Å². The van der Waals surface area contributed by atoms with Crippen molar-refractivity contribution in [2.75, 3.05) is 6.54 Å². The van der Waals surface area contributed by atoms with Crippen LogP contribution in [0.3, 0.4) is 0 Å². The van der Waals surface area contributed by atoms with Crippen molar-refractivity contribution in [1.29, 1.82) is 0 Å². The zero-order valence-electron chi connectivity index (χ0n) is 12.6. The van der Waals surface area contributed by atoms with Crippen LogP contribution in [0.2, 0.25) is 0 Å². The van der Waals surface area contributed by atoms with E-state index >= 15 is 0 Å². The molecule has 2 rings (SSSR count). The fourth-order valence-corrected chi connectivity index (χ4v) is 2.29. The Morgan fingerprint density at radius 1 is 1.23 bits per heavy atom. The van der Waals surface area contributed by atoms with Crippen LogP contribution in [-0.4, -0.2) is 17.6 Å². The van der Waals surface area contributed by atoms with E-state index in [0.29, 0.717) is 12.1 Å². The van der Waals surface area contributed by atoms with Crippen molar-refractivity contribution in [3.63, 3.8) is 0 Å². The summed E-state index contributed by atoms with van der Waals surface area (Å²) < 4.78 is 13.1. The van der Waals surface area contributed by atoms with Gasteiger partial charge >= 0.3 is 0 Å². The maximum Gasteiger partial charge on any atom is 0.222 e. The number of nitrogens with one attached hydrogen (secondary N) is 1. The third-order valence-electron chi connectivity index (χ3n) is 3.43. The Hall–Kier alpha value is -2.20. The van der Waals surface area contributed by atoms with E-state index in [9.17, 15) is 14.3 Å². The van der Waals surface area contributed by atoms with Gasteiger partial charge in [-0.3, -0.25) is 4.79 Å². The lowest BCUT2D eigenvalue weighted by molar-refractivity contribution is -0.123. The minimum atomic E-state index is -0.991. The second-order valence-electron chi connectivity index (χ2n) is 5.36. The standard InChI is InChI=1S/C18H20FNO2/c1-13-4-2-5-14(10-13)8-9-20-18(22)12-17(21)15-6-3-7-16(19)11-15/h2-7,10-11,17,21H,8-9,12H2,1H3,(H,20,22). The third-order valence-corrected chi connectivity index (χ3v) is 3.43. The number of hydrogen-bond donors (Lipinski definition) is 2. The fraction of sp³-hybridized carbons (Fsp3) is 0.278. The Bertz CT molecular complexity index is 642. The Labute approximate surface area is 129 Å². The smallest absolute Gasteiger partial charge is 0.222 e. The molecule has 4 heteroatoms. The predicted octanol–water partition coefficient (Wildman–Crippen LogP) is 2.92. The van der Waals surface area contributed by atoms with E-state index in [0.717, 1.165) is 12.0 Å². The highest BCUT2D eigenvalue weighted by atomic mass is 19.1. The van der Waals surface area contributed by atoms with Crippen LogP contribution in [0.5, 0.6) is 0 Å². The Morgan fingerprint density at radius 2 is 2.00 bits per heavy atom. The van der Waals surface area contributed by atoms with Crippen molar-refractivity contribution >= 4 is 5.91 Å². The van der Waals surface area contributed by atoms with Gasteiger partial charge in [0.2, 0.25) is 5.91 Å². The zero-order valence-corrected chi connectivity index (χ0v) is 12.6. The van der Waals surface area contributed by atoms with Gasteiger partial charge in [0.1, 0.15) is 5.82 Å².